The number of hydrogen-bond donors (Lipinski definition) is 1. The van der Waals surface area contributed by atoms with Crippen LogP contribution in [0.4, 0.5) is 4.79 Å². The minimum absolute atomic E-state index is 0.00890. The summed E-state index contributed by atoms with van der Waals surface area (Å²) in [4.78, 5) is 14.1. The summed E-state index contributed by atoms with van der Waals surface area (Å²) in [6.07, 6.45) is -0.281. The zero-order chi connectivity index (χ0) is 17.4. The van der Waals surface area contributed by atoms with Gasteiger partial charge in [-0.3, -0.25) is 0 Å². The van der Waals surface area contributed by atoms with Crippen LogP contribution in [0.5, 0.6) is 0 Å². The summed E-state index contributed by atoms with van der Waals surface area (Å²) in [6.45, 7) is 14.1. The predicted molar refractivity (Wildman–Crippen MR) is 88.2 cm³/mol. The maximum atomic E-state index is 12.3. The molecule has 6 nitrogen and oxygen atoms in total. The van der Waals surface area contributed by atoms with E-state index in [2.05, 4.69) is 5.32 Å². The fourth-order valence-corrected chi connectivity index (χ4v) is 1.87. The van der Waals surface area contributed by atoms with Crippen molar-refractivity contribution in [2.75, 3.05) is 40.5 Å². The molecule has 0 saturated carbocycles. The molecule has 0 radical (unpaired) electrons. The third-order valence-corrected chi connectivity index (χ3v) is 2.99. The zero-order valence-corrected chi connectivity index (χ0v) is 15.5. The molecular weight excluding hydrogens is 284 g/mol. The smallest absolute Gasteiger partial charge is 0.410 e. The molecular formula is C16H34N2O4. The number of carbonyl (C=O) groups excluding carboxylic acids is 1. The number of carbonyl (C=O) groups is 1. The number of rotatable bonds is 8. The Bertz CT molecular complexity index is 321. The van der Waals surface area contributed by atoms with Crippen molar-refractivity contribution in [2.45, 2.75) is 58.8 Å². The molecule has 1 N–H and O–H groups in total. The van der Waals surface area contributed by atoms with Gasteiger partial charge in [0.25, 0.3) is 0 Å². The fraction of sp³-hybridized carbons (Fsp3) is 0.938. The molecule has 0 aromatic carbocycles. The number of nitrogens with one attached hydrogen (secondary N) is 1. The lowest BCUT2D eigenvalue weighted by atomic mass is 10.1. The molecule has 0 rings (SSSR count). The second kappa shape index (κ2) is 9.33. The van der Waals surface area contributed by atoms with E-state index in [0.29, 0.717) is 26.2 Å². The molecule has 1 amide bonds. The van der Waals surface area contributed by atoms with Gasteiger partial charge in [-0.15, -0.1) is 0 Å². The molecule has 0 spiro atoms. The maximum absolute atomic E-state index is 12.3. The van der Waals surface area contributed by atoms with Crippen LogP contribution in [-0.4, -0.2) is 68.7 Å². The van der Waals surface area contributed by atoms with Gasteiger partial charge < -0.3 is 24.4 Å². The van der Waals surface area contributed by atoms with Crippen molar-refractivity contribution >= 4 is 6.09 Å². The van der Waals surface area contributed by atoms with Crippen LogP contribution in [0.2, 0.25) is 0 Å². The van der Waals surface area contributed by atoms with Crippen molar-refractivity contribution in [1.29, 1.82) is 0 Å². The van der Waals surface area contributed by atoms with Gasteiger partial charge in [0.05, 0.1) is 12.7 Å². The summed E-state index contributed by atoms with van der Waals surface area (Å²) in [5.74, 6) is 0. The van der Waals surface area contributed by atoms with Gasteiger partial charge in [-0.1, -0.05) is 0 Å². The first-order valence-corrected chi connectivity index (χ1v) is 7.74. The van der Waals surface area contributed by atoms with Gasteiger partial charge in [0, 0.05) is 39.4 Å². The molecule has 1 atom stereocenters. The molecule has 1 unspecified atom stereocenters. The van der Waals surface area contributed by atoms with Gasteiger partial charge in [-0.2, -0.15) is 0 Å². The lowest BCUT2D eigenvalue weighted by Crippen LogP contribution is -2.50. The number of amides is 1. The monoisotopic (exact) mass is 318 g/mol. The van der Waals surface area contributed by atoms with Crippen molar-refractivity contribution in [2.24, 2.45) is 0 Å². The van der Waals surface area contributed by atoms with E-state index in [1.54, 1.807) is 19.1 Å². The van der Waals surface area contributed by atoms with Crippen LogP contribution in [0.3, 0.4) is 0 Å². The molecule has 22 heavy (non-hydrogen) atoms. The van der Waals surface area contributed by atoms with E-state index in [4.69, 9.17) is 14.2 Å². The van der Waals surface area contributed by atoms with Crippen LogP contribution in [0.15, 0.2) is 0 Å². The summed E-state index contributed by atoms with van der Waals surface area (Å²) < 4.78 is 15.8. The zero-order valence-electron chi connectivity index (χ0n) is 15.5. The average Bonchev–Trinajstić information content (AvgIpc) is 2.33. The molecule has 0 fully saturated rings. The SMILES string of the molecule is COCC(CNCCN(C(=O)OC(C)(C)C)C(C)(C)C)OC. The summed E-state index contributed by atoms with van der Waals surface area (Å²) in [6, 6.07) is 0. The maximum Gasteiger partial charge on any atom is 0.410 e. The van der Waals surface area contributed by atoms with Crippen LogP contribution in [-0.2, 0) is 14.2 Å². The molecule has 0 saturated heterocycles. The Morgan fingerprint density at radius 2 is 1.73 bits per heavy atom. The second-order valence-corrected chi connectivity index (χ2v) is 7.32. The largest absolute Gasteiger partial charge is 0.444 e. The molecule has 0 aliphatic rings. The van der Waals surface area contributed by atoms with Crippen molar-refractivity contribution in [1.82, 2.24) is 10.2 Å². The Hall–Kier alpha value is -0.850. The molecule has 0 bridgehead atoms. The van der Waals surface area contributed by atoms with Crippen molar-refractivity contribution in [3.05, 3.63) is 0 Å². The van der Waals surface area contributed by atoms with Crippen molar-refractivity contribution in [3.8, 4) is 0 Å². The molecule has 0 aliphatic carbocycles. The van der Waals surface area contributed by atoms with E-state index in [0.717, 1.165) is 0 Å². The number of hydrogen-bond acceptors (Lipinski definition) is 5. The Labute approximate surface area is 135 Å². The molecule has 0 heterocycles. The van der Waals surface area contributed by atoms with E-state index in [9.17, 15) is 4.79 Å². The van der Waals surface area contributed by atoms with Crippen molar-refractivity contribution < 1.29 is 19.0 Å². The van der Waals surface area contributed by atoms with Crippen LogP contribution in [0.1, 0.15) is 41.5 Å². The van der Waals surface area contributed by atoms with Crippen LogP contribution >= 0.6 is 0 Å². The Morgan fingerprint density at radius 1 is 1.14 bits per heavy atom. The topological polar surface area (TPSA) is 60.0 Å². The number of methoxy groups -OCH3 is 2. The highest BCUT2D eigenvalue weighted by atomic mass is 16.6. The quantitative estimate of drug-likeness (QED) is 0.696. The first-order chi connectivity index (χ1) is 10.0. The Balaban J connectivity index is 4.42. The Kier molecular flexibility index (Phi) is 8.96. The van der Waals surface area contributed by atoms with Crippen LogP contribution < -0.4 is 5.32 Å². The van der Waals surface area contributed by atoms with E-state index in [-0.39, 0.29) is 17.7 Å². The lowest BCUT2D eigenvalue weighted by Gasteiger charge is -2.37. The summed E-state index contributed by atoms with van der Waals surface area (Å²) in [7, 11) is 3.31. The predicted octanol–water partition coefficient (Wildman–Crippen LogP) is 2.27. The highest BCUT2D eigenvalue weighted by molar-refractivity contribution is 5.69. The van der Waals surface area contributed by atoms with E-state index in [1.165, 1.54) is 0 Å². The minimum Gasteiger partial charge on any atom is -0.444 e. The highest BCUT2D eigenvalue weighted by Crippen LogP contribution is 2.17. The minimum atomic E-state index is -0.492. The fourth-order valence-electron chi connectivity index (χ4n) is 1.87. The molecule has 0 aliphatic heterocycles. The van der Waals surface area contributed by atoms with Crippen molar-refractivity contribution in [3.63, 3.8) is 0 Å². The molecule has 0 aromatic rings. The summed E-state index contributed by atoms with van der Waals surface area (Å²) in [5, 5.41) is 3.29. The van der Waals surface area contributed by atoms with Gasteiger partial charge in [0.1, 0.15) is 5.60 Å². The average molecular weight is 318 g/mol. The highest BCUT2D eigenvalue weighted by Gasteiger charge is 2.30. The molecule has 132 valence electrons. The summed E-state index contributed by atoms with van der Waals surface area (Å²) >= 11 is 0. The van der Waals surface area contributed by atoms with Gasteiger partial charge in [0.15, 0.2) is 0 Å². The van der Waals surface area contributed by atoms with Gasteiger partial charge in [-0.05, 0) is 41.5 Å². The van der Waals surface area contributed by atoms with Gasteiger partial charge in [-0.25, -0.2) is 4.79 Å². The second-order valence-electron chi connectivity index (χ2n) is 7.32. The third-order valence-electron chi connectivity index (χ3n) is 2.99. The van der Waals surface area contributed by atoms with Gasteiger partial charge >= 0.3 is 6.09 Å². The van der Waals surface area contributed by atoms with E-state index in [1.807, 2.05) is 41.5 Å². The van der Waals surface area contributed by atoms with Crippen LogP contribution in [0, 0.1) is 0 Å². The molecule has 0 aromatic heterocycles. The standard InChI is InChI=1S/C16H34N2O4/c1-15(2,3)18(14(19)22-16(4,5)6)10-9-17-11-13(21-8)12-20-7/h13,17H,9-12H2,1-8H3. The van der Waals surface area contributed by atoms with Gasteiger partial charge in [0.2, 0.25) is 0 Å². The third kappa shape index (κ3) is 9.23. The summed E-state index contributed by atoms with van der Waals surface area (Å²) in [5.41, 5.74) is -0.787. The lowest BCUT2D eigenvalue weighted by molar-refractivity contribution is 0.00550. The number of nitrogens with zero attached hydrogens (tertiary/aromatic N) is 1. The first kappa shape index (κ1) is 21.1. The van der Waals surface area contributed by atoms with Crippen LogP contribution in [0.25, 0.3) is 0 Å². The number of ether oxygens (including phenoxy) is 3. The molecule has 6 heteroatoms. The van der Waals surface area contributed by atoms with E-state index >= 15 is 0 Å². The Morgan fingerprint density at radius 3 is 2.14 bits per heavy atom. The normalized spacial score (nSPS) is 13.8. The first-order valence-electron chi connectivity index (χ1n) is 7.74. The van der Waals surface area contributed by atoms with E-state index < -0.39 is 5.60 Å².